The van der Waals surface area contributed by atoms with Gasteiger partial charge in [-0.05, 0) is 74.6 Å². The van der Waals surface area contributed by atoms with Crippen molar-refractivity contribution in [3.63, 3.8) is 0 Å². The molecule has 0 unspecified atom stereocenters. The predicted octanol–water partition coefficient (Wildman–Crippen LogP) is 5.88. The highest BCUT2D eigenvalue weighted by Crippen LogP contribution is 2.37. The topological polar surface area (TPSA) is 64.4 Å². The summed E-state index contributed by atoms with van der Waals surface area (Å²) in [6.07, 6.45) is 4.15. The van der Waals surface area contributed by atoms with E-state index in [1.165, 1.54) is 0 Å². The fraction of sp³-hybridized carbons (Fsp3) is 0.407. The van der Waals surface area contributed by atoms with Gasteiger partial charge in [-0.25, -0.2) is 9.18 Å². The van der Waals surface area contributed by atoms with Crippen molar-refractivity contribution >= 4 is 5.97 Å². The molecule has 6 heteroatoms. The molecule has 0 saturated heterocycles. The molecular weight excluding hydrogens is 419 g/mol. The van der Waals surface area contributed by atoms with Gasteiger partial charge in [-0.15, -0.1) is 0 Å². The van der Waals surface area contributed by atoms with Crippen LogP contribution in [0.15, 0.2) is 48.5 Å². The molecule has 2 aromatic carbocycles. The van der Waals surface area contributed by atoms with Crippen LogP contribution in [0.3, 0.4) is 0 Å². The highest BCUT2D eigenvalue weighted by molar-refractivity contribution is 5.83. The molecule has 1 aromatic heterocycles. The van der Waals surface area contributed by atoms with Crippen molar-refractivity contribution in [3.8, 4) is 22.4 Å². The molecule has 4 rings (SSSR count). The molecule has 3 aromatic rings. The Balaban J connectivity index is 1.55. The number of halogens is 1. The highest BCUT2D eigenvalue weighted by atomic mass is 19.1. The van der Waals surface area contributed by atoms with E-state index in [1.54, 1.807) is 6.07 Å². The van der Waals surface area contributed by atoms with Crippen molar-refractivity contribution in [2.75, 3.05) is 13.2 Å². The zero-order chi connectivity index (χ0) is 23.4. The van der Waals surface area contributed by atoms with Gasteiger partial charge in [-0.3, -0.25) is 4.68 Å². The Hall–Kier alpha value is -2.99. The molecule has 1 aliphatic carbocycles. The maximum Gasteiger partial charge on any atom is 0.329 e. The largest absolute Gasteiger partial charge is 0.480 e. The van der Waals surface area contributed by atoms with Gasteiger partial charge in [-0.1, -0.05) is 36.4 Å². The smallest absolute Gasteiger partial charge is 0.329 e. The Bertz CT molecular complexity index is 1100. The standard InChI is InChI=1S/C27H31FN2O3/c1-18-8-13-23(24(28)14-18)27-26(22-6-4-3-5-7-22)19(2)30(29-27)15-20-9-11-21(12-10-20)16-33-17-25(31)32/h3-8,13-14,20-21H,9-12,15-17H2,1-2H3,(H,31,32)/t20-,21+. The van der Waals surface area contributed by atoms with Crippen molar-refractivity contribution in [2.24, 2.45) is 11.8 Å². The summed E-state index contributed by atoms with van der Waals surface area (Å²) >= 11 is 0. The lowest BCUT2D eigenvalue weighted by molar-refractivity contribution is -0.142. The third kappa shape index (κ3) is 5.50. The van der Waals surface area contributed by atoms with E-state index in [-0.39, 0.29) is 12.4 Å². The molecule has 0 atom stereocenters. The van der Waals surface area contributed by atoms with E-state index in [2.05, 4.69) is 6.92 Å². The van der Waals surface area contributed by atoms with Crippen molar-refractivity contribution in [1.29, 1.82) is 0 Å². The van der Waals surface area contributed by atoms with E-state index in [0.29, 0.717) is 29.7 Å². The number of aliphatic carboxylic acids is 1. The number of carboxylic acid groups (broad SMARTS) is 1. The quantitative estimate of drug-likeness (QED) is 0.465. The summed E-state index contributed by atoms with van der Waals surface area (Å²) in [7, 11) is 0. The van der Waals surface area contributed by atoms with Gasteiger partial charge in [0.15, 0.2) is 0 Å². The van der Waals surface area contributed by atoms with E-state index in [4.69, 9.17) is 14.9 Å². The van der Waals surface area contributed by atoms with Gasteiger partial charge >= 0.3 is 5.97 Å². The Morgan fingerprint density at radius 3 is 2.45 bits per heavy atom. The minimum atomic E-state index is -0.923. The predicted molar refractivity (Wildman–Crippen MR) is 126 cm³/mol. The summed E-state index contributed by atoms with van der Waals surface area (Å²) < 4.78 is 22.3. The van der Waals surface area contributed by atoms with Crippen LogP contribution in [0, 0.1) is 31.5 Å². The number of carboxylic acids is 1. The van der Waals surface area contributed by atoms with Crippen LogP contribution >= 0.6 is 0 Å². The van der Waals surface area contributed by atoms with Gasteiger partial charge in [0.05, 0.1) is 6.61 Å². The average molecular weight is 451 g/mol. The van der Waals surface area contributed by atoms with E-state index >= 15 is 0 Å². The maximum atomic E-state index is 14.9. The number of rotatable bonds is 8. The SMILES string of the molecule is Cc1ccc(-c2nn(C[C@H]3CC[C@@H](COCC(=O)O)CC3)c(C)c2-c2ccccc2)c(F)c1. The second-order valence-corrected chi connectivity index (χ2v) is 9.14. The van der Waals surface area contributed by atoms with E-state index in [9.17, 15) is 9.18 Å². The first-order valence-corrected chi connectivity index (χ1v) is 11.6. The van der Waals surface area contributed by atoms with Crippen molar-refractivity contribution in [3.05, 3.63) is 65.6 Å². The summed E-state index contributed by atoms with van der Waals surface area (Å²) in [4.78, 5) is 10.6. The summed E-state index contributed by atoms with van der Waals surface area (Å²) in [6.45, 7) is 5.03. The third-order valence-corrected chi connectivity index (χ3v) is 6.63. The molecule has 0 radical (unpaired) electrons. The molecule has 1 aliphatic rings. The monoisotopic (exact) mass is 450 g/mol. The first kappa shape index (κ1) is 23.2. The van der Waals surface area contributed by atoms with Crippen LogP contribution in [0.1, 0.15) is 36.9 Å². The average Bonchev–Trinajstić information content (AvgIpc) is 3.11. The second kappa shape index (κ2) is 10.3. The summed E-state index contributed by atoms with van der Waals surface area (Å²) in [5.74, 6) is -0.276. The summed E-state index contributed by atoms with van der Waals surface area (Å²) in [5, 5.41) is 13.7. The number of hydrogen-bond acceptors (Lipinski definition) is 3. The molecule has 0 spiro atoms. The number of aryl methyl sites for hydroxylation is 1. The molecule has 0 amide bonds. The Morgan fingerprint density at radius 2 is 1.79 bits per heavy atom. The van der Waals surface area contributed by atoms with Gasteiger partial charge in [0.2, 0.25) is 0 Å². The lowest BCUT2D eigenvalue weighted by Gasteiger charge is -2.28. The highest BCUT2D eigenvalue weighted by Gasteiger charge is 2.25. The van der Waals surface area contributed by atoms with Crippen LogP contribution in [0.5, 0.6) is 0 Å². The minimum absolute atomic E-state index is 0.229. The van der Waals surface area contributed by atoms with E-state index in [0.717, 1.165) is 54.6 Å². The van der Waals surface area contributed by atoms with E-state index in [1.807, 2.05) is 54.1 Å². The molecule has 0 aliphatic heterocycles. The Labute approximate surface area is 194 Å². The van der Waals surface area contributed by atoms with Gasteiger partial charge in [0.1, 0.15) is 18.1 Å². The van der Waals surface area contributed by atoms with Crippen LogP contribution in [0.25, 0.3) is 22.4 Å². The van der Waals surface area contributed by atoms with Crippen LogP contribution in [0.2, 0.25) is 0 Å². The van der Waals surface area contributed by atoms with Crippen molar-refractivity contribution in [2.45, 2.75) is 46.1 Å². The second-order valence-electron chi connectivity index (χ2n) is 9.14. The summed E-state index contributed by atoms with van der Waals surface area (Å²) in [6, 6.07) is 15.4. The maximum absolute atomic E-state index is 14.9. The normalized spacial score (nSPS) is 18.4. The van der Waals surface area contributed by atoms with Crippen molar-refractivity contribution in [1.82, 2.24) is 9.78 Å². The van der Waals surface area contributed by atoms with Gasteiger partial charge in [-0.2, -0.15) is 5.10 Å². The number of carbonyl (C=O) groups is 1. The van der Waals surface area contributed by atoms with Crippen LogP contribution in [-0.4, -0.2) is 34.1 Å². The number of benzene rings is 2. The van der Waals surface area contributed by atoms with Crippen LogP contribution in [0.4, 0.5) is 4.39 Å². The van der Waals surface area contributed by atoms with Gasteiger partial charge in [0, 0.05) is 23.4 Å². The molecule has 1 heterocycles. The van der Waals surface area contributed by atoms with Gasteiger partial charge < -0.3 is 9.84 Å². The fourth-order valence-electron chi connectivity index (χ4n) is 4.81. The first-order chi connectivity index (χ1) is 15.9. The Kier molecular flexibility index (Phi) is 7.23. The molecular formula is C27H31FN2O3. The number of ether oxygens (including phenoxy) is 1. The molecule has 5 nitrogen and oxygen atoms in total. The van der Waals surface area contributed by atoms with Crippen molar-refractivity contribution < 1.29 is 19.0 Å². The minimum Gasteiger partial charge on any atom is -0.480 e. The number of nitrogens with zero attached hydrogens (tertiary/aromatic N) is 2. The van der Waals surface area contributed by atoms with Crippen LogP contribution in [-0.2, 0) is 16.1 Å². The lowest BCUT2D eigenvalue weighted by atomic mass is 9.82. The molecule has 1 fully saturated rings. The molecule has 1 saturated carbocycles. The first-order valence-electron chi connectivity index (χ1n) is 11.6. The fourth-order valence-corrected chi connectivity index (χ4v) is 4.81. The number of hydrogen-bond donors (Lipinski definition) is 1. The zero-order valence-corrected chi connectivity index (χ0v) is 19.3. The Morgan fingerprint density at radius 1 is 1.09 bits per heavy atom. The molecule has 174 valence electrons. The zero-order valence-electron chi connectivity index (χ0n) is 19.3. The number of aromatic nitrogens is 2. The lowest BCUT2D eigenvalue weighted by Crippen LogP contribution is -2.23. The molecule has 1 N–H and O–H groups in total. The summed E-state index contributed by atoms with van der Waals surface area (Å²) in [5.41, 5.74) is 5.16. The third-order valence-electron chi connectivity index (χ3n) is 6.63. The molecule has 0 bridgehead atoms. The molecule has 33 heavy (non-hydrogen) atoms. The van der Waals surface area contributed by atoms with E-state index < -0.39 is 5.97 Å². The van der Waals surface area contributed by atoms with Crippen LogP contribution < -0.4 is 0 Å². The van der Waals surface area contributed by atoms with Gasteiger partial charge in [0.25, 0.3) is 0 Å².